The predicted octanol–water partition coefficient (Wildman–Crippen LogP) is 11.8. The van der Waals surface area contributed by atoms with E-state index in [0.29, 0.717) is 36.9 Å². The molecule has 7 rings (SSSR count). The zero-order valence-corrected chi connectivity index (χ0v) is 49.3. The van der Waals surface area contributed by atoms with Gasteiger partial charge in [0.1, 0.15) is 0 Å². The number of hydrogen-bond donors (Lipinski definition) is 4. The van der Waals surface area contributed by atoms with Crippen molar-refractivity contribution in [3.05, 3.63) is 119 Å². The van der Waals surface area contributed by atoms with Crippen LogP contribution in [-0.4, -0.2) is 151 Å². The molecular weight excluding hydrogens is 1100 g/mol. The fraction of sp³-hybridized carbons (Fsp3) is 0.509. The van der Waals surface area contributed by atoms with E-state index >= 15 is 0 Å². The van der Waals surface area contributed by atoms with Crippen LogP contribution in [0.2, 0.25) is 5.02 Å². The van der Waals surface area contributed by atoms with Crippen molar-refractivity contribution in [2.75, 3.05) is 113 Å². The number of carboxylic acid groups (broad SMARTS) is 1. The molecule has 2 saturated heterocycles. The minimum absolute atomic E-state index is 0.0510. The second-order valence-electron chi connectivity index (χ2n) is 20.9. The van der Waals surface area contributed by atoms with Gasteiger partial charge < -0.3 is 34.4 Å². The first kappa shape index (κ1) is 63.7. The van der Waals surface area contributed by atoms with Gasteiger partial charge in [-0.15, -0.1) is 11.8 Å². The van der Waals surface area contributed by atoms with Crippen molar-refractivity contribution in [2.45, 2.75) is 94.2 Å². The van der Waals surface area contributed by atoms with E-state index in [1.54, 1.807) is 36.9 Å². The van der Waals surface area contributed by atoms with Crippen molar-refractivity contribution in [3.8, 4) is 0 Å². The van der Waals surface area contributed by atoms with Gasteiger partial charge >= 0.3 is 13.1 Å². The number of amides is 1. The van der Waals surface area contributed by atoms with E-state index in [1.165, 1.54) is 28.8 Å². The van der Waals surface area contributed by atoms with Crippen LogP contribution in [0.15, 0.2) is 112 Å². The molecule has 79 heavy (non-hydrogen) atoms. The quantitative estimate of drug-likeness (QED) is 0.0154. The highest BCUT2D eigenvalue weighted by molar-refractivity contribution is 7.99. The lowest BCUT2D eigenvalue weighted by molar-refractivity contribution is -0.122. The summed E-state index contributed by atoms with van der Waals surface area (Å²) in [6.45, 7) is 19.3. The summed E-state index contributed by atoms with van der Waals surface area (Å²) in [4.78, 5) is 31.8. The van der Waals surface area contributed by atoms with Crippen LogP contribution in [0.5, 0.6) is 0 Å². The van der Waals surface area contributed by atoms with Gasteiger partial charge in [-0.05, 0) is 143 Å². The molecule has 1 amide bonds. The molecule has 15 nitrogen and oxygen atoms in total. The third-order valence-electron chi connectivity index (χ3n) is 14.1. The first-order valence-electron chi connectivity index (χ1n) is 27.0. The molecule has 3 atom stereocenters. The second kappa shape index (κ2) is 31.1. The van der Waals surface area contributed by atoms with Gasteiger partial charge in [-0.2, -0.15) is 13.2 Å². The van der Waals surface area contributed by atoms with Crippen LogP contribution in [0, 0.1) is 5.41 Å². The average molecular weight is 1180 g/mol. The third-order valence-corrected chi connectivity index (χ3v) is 18.7. The topological polar surface area (TPSA) is 165 Å². The summed E-state index contributed by atoms with van der Waals surface area (Å²) in [5, 5.41) is 11.0. The Morgan fingerprint density at radius 3 is 2.18 bits per heavy atom. The number of nitrogens with one attached hydrogen (secondary N) is 3. The lowest BCUT2D eigenvalue weighted by atomic mass is 9.73. The van der Waals surface area contributed by atoms with Crippen LogP contribution in [0.25, 0.3) is 5.57 Å². The Morgan fingerprint density at radius 1 is 0.899 bits per heavy atom. The minimum atomic E-state index is -5.03. The van der Waals surface area contributed by atoms with Crippen molar-refractivity contribution < 1.29 is 50.4 Å². The highest BCUT2D eigenvalue weighted by Crippen LogP contribution is 2.49. The van der Waals surface area contributed by atoms with E-state index in [9.17, 15) is 26.7 Å². The summed E-state index contributed by atoms with van der Waals surface area (Å²) in [6, 6.07) is 29.3. The molecule has 4 N–H and O–H groups in total. The molecule has 3 unspecified atom stereocenters. The number of allylic oxidation sites excluding steroid dienone is 1. The van der Waals surface area contributed by atoms with E-state index < -0.39 is 34.7 Å². The number of hydrazine groups is 1. The Kier molecular flexibility index (Phi) is 25.1. The van der Waals surface area contributed by atoms with Crippen LogP contribution in [-0.2, 0) is 33.9 Å². The van der Waals surface area contributed by atoms with Gasteiger partial charge in [0.15, 0.2) is 17.6 Å². The normalized spacial score (nSPS) is 18.0. The van der Waals surface area contributed by atoms with Crippen LogP contribution < -0.4 is 21.1 Å². The summed E-state index contributed by atoms with van der Waals surface area (Å²) >= 11 is 7.82. The molecular formula is C57H78ClF3N7O8PS2. The van der Waals surface area contributed by atoms with E-state index in [0.717, 1.165) is 100 Å². The van der Waals surface area contributed by atoms with Gasteiger partial charge in [0.2, 0.25) is 0 Å². The number of benzene rings is 4. The van der Waals surface area contributed by atoms with Gasteiger partial charge in [-0.1, -0.05) is 61.4 Å². The number of rotatable bonds is 26. The fourth-order valence-corrected chi connectivity index (χ4v) is 13.2. The van der Waals surface area contributed by atoms with E-state index in [-0.39, 0.29) is 48.8 Å². The monoisotopic (exact) mass is 1180 g/mol. The van der Waals surface area contributed by atoms with Gasteiger partial charge in [0, 0.05) is 98.4 Å². The Bertz CT molecular complexity index is 2640. The number of halogens is 4. The van der Waals surface area contributed by atoms with Crippen molar-refractivity contribution >= 4 is 76.8 Å². The summed E-state index contributed by atoms with van der Waals surface area (Å²) in [5.41, 5.74) is 6.44. The Balaban J connectivity index is 0.00000328. The van der Waals surface area contributed by atoms with E-state index in [4.69, 9.17) is 35.3 Å². The van der Waals surface area contributed by atoms with Crippen LogP contribution in [0.1, 0.15) is 82.6 Å². The zero-order chi connectivity index (χ0) is 57.0. The molecule has 2 fully saturated rings. The van der Waals surface area contributed by atoms with Gasteiger partial charge in [-0.25, -0.2) is 4.21 Å². The summed E-state index contributed by atoms with van der Waals surface area (Å²) < 4.78 is 85.7. The number of ether oxygens (including phenoxy) is 1. The predicted molar refractivity (Wildman–Crippen MR) is 313 cm³/mol. The van der Waals surface area contributed by atoms with Crippen molar-refractivity contribution in [3.63, 3.8) is 0 Å². The molecule has 0 bridgehead atoms. The number of piperazine rings is 2. The average Bonchev–Trinajstić information content (AvgIpc) is 3.42. The second-order valence-corrected chi connectivity index (χ2v) is 26.0. The minimum Gasteiger partial charge on any atom is -0.483 e. The molecule has 434 valence electrons. The summed E-state index contributed by atoms with van der Waals surface area (Å²) in [6.07, 6.45) is 4.77. The first-order valence-corrected chi connectivity index (χ1v) is 31.2. The van der Waals surface area contributed by atoms with E-state index in [1.807, 2.05) is 68.4 Å². The molecule has 4 aromatic carbocycles. The number of carbonyl (C=O) groups is 2. The number of nitrogens with zero attached hydrogens (tertiary/aromatic N) is 4. The zero-order valence-electron chi connectivity index (χ0n) is 46.0. The SMILES string of the molecule is CCOP(=O)(CCCN1CCN(CCC(CSc2ccccc2)Nc2ccc(NNC(=O)c3ccc(N4CCN(CC5=C(c6ccc(Cl)cc6)CCC(C)(C)C5)CC4)cc3)cc2S(=O)C(F)(F)F)CC1)OCOC(C)C.O=CO. The molecule has 1 aliphatic carbocycles. The van der Waals surface area contributed by atoms with Gasteiger partial charge in [0.25, 0.3) is 12.4 Å². The third kappa shape index (κ3) is 20.8. The van der Waals surface area contributed by atoms with E-state index in [2.05, 4.69) is 61.7 Å². The lowest BCUT2D eigenvalue weighted by Gasteiger charge is -2.39. The molecule has 0 radical (unpaired) electrons. The molecule has 2 heterocycles. The highest BCUT2D eigenvalue weighted by Gasteiger charge is 2.40. The maximum atomic E-state index is 14.3. The molecule has 4 aromatic rings. The molecule has 22 heteroatoms. The molecule has 2 aliphatic heterocycles. The number of alkyl halides is 3. The highest BCUT2D eigenvalue weighted by atomic mass is 35.5. The van der Waals surface area contributed by atoms with Crippen molar-refractivity contribution in [2.24, 2.45) is 5.41 Å². The number of anilines is 3. The largest absolute Gasteiger partial charge is 0.483 e. The molecule has 0 aromatic heterocycles. The van der Waals surface area contributed by atoms with Crippen LogP contribution in [0.4, 0.5) is 30.2 Å². The Hall–Kier alpha value is -4.47. The summed E-state index contributed by atoms with van der Waals surface area (Å²) in [7, 11) is -6.64. The number of carbonyl (C=O) groups excluding carboxylic acids is 1. The lowest BCUT2D eigenvalue weighted by Crippen LogP contribution is -2.47. The summed E-state index contributed by atoms with van der Waals surface area (Å²) in [5.74, 6) is 0.0714. The van der Waals surface area contributed by atoms with Crippen molar-refractivity contribution in [1.82, 2.24) is 20.1 Å². The molecule has 3 aliphatic rings. The van der Waals surface area contributed by atoms with Crippen molar-refractivity contribution in [1.29, 1.82) is 0 Å². The maximum absolute atomic E-state index is 14.3. The maximum Gasteiger partial charge on any atom is 0.475 e. The molecule has 0 spiro atoms. The van der Waals surface area contributed by atoms with Crippen LogP contribution in [0.3, 0.4) is 0 Å². The smallest absolute Gasteiger partial charge is 0.475 e. The Morgan fingerprint density at radius 2 is 1.54 bits per heavy atom. The first-order chi connectivity index (χ1) is 37.8. The van der Waals surface area contributed by atoms with Crippen LogP contribution >= 0.6 is 31.0 Å². The fourth-order valence-electron chi connectivity index (χ4n) is 9.82. The number of thioether (sulfide) groups is 1. The Labute approximate surface area is 476 Å². The van der Waals surface area contributed by atoms with Gasteiger partial charge in [0.05, 0.1) is 35.1 Å². The van der Waals surface area contributed by atoms with Gasteiger partial charge in [-0.3, -0.25) is 34.4 Å². The standard InChI is InChI=1S/C56H76ClF3N7O6PS2.CH2O2/c1-6-72-74(69,73-41-71-42(2)3)36-10-26-64-28-30-65(31-29-64)27-24-48(40-75-50-11-8-7-9-12-50)61-52-22-19-47(37-53(52)76(70)56(58,59)60)62-63-54(68)44-15-20-49(21-16-44)67-34-32-66(33-35-67)39-45-38-55(4,5)25-23-51(45)43-13-17-46(57)18-14-43;2-1-3/h7-9,11-22,37,42,48,61-62H,6,10,23-36,38-41H2,1-5H3,(H,63,68);1H,(H,2,3). The molecule has 0 saturated carbocycles. The number of hydrogen-bond acceptors (Lipinski definition) is 14.